The standard InChI is InChI=1S/C9H15NO/c1-8-3-2-4-9(7-8)10-5-6-11-9/h5-6,8,10H,2-4,7H2,1H3. The summed E-state index contributed by atoms with van der Waals surface area (Å²) in [6.45, 7) is 2.30. The van der Waals surface area contributed by atoms with Gasteiger partial charge in [0.1, 0.15) is 6.26 Å². The molecule has 0 aromatic rings. The largest absolute Gasteiger partial charge is 0.474 e. The Morgan fingerprint density at radius 3 is 3.18 bits per heavy atom. The Bertz CT molecular complexity index is 168. The van der Waals surface area contributed by atoms with Gasteiger partial charge in [-0.25, -0.2) is 0 Å². The van der Waals surface area contributed by atoms with Crippen LogP contribution in [0.15, 0.2) is 12.5 Å². The second-order valence-corrected chi connectivity index (χ2v) is 3.76. The van der Waals surface area contributed by atoms with Crippen molar-refractivity contribution in [3.63, 3.8) is 0 Å². The van der Waals surface area contributed by atoms with Gasteiger partial charge < -0.3 is 10.1 Å². The molecule has 1 aliphatic carbocycles. The third-order valence-electron chi connectivity index (χ3n) is 2.66. The predicted octanol–water partition coefficient (Wildman–Crippen LogP) is 1.98. The number of hydrogen-bond acceptors (Lipinski definition) is 2. The molecule has 1 spiro atoms. The van der Waals surface area contributed by atoms with Crippen molar-refractivity contribution in [2.75, 3.05) is 0 Å². The van der Waals surface area contributed by atoms with Crippen LogP contribution in [-0.4, -0.2) is 5.72 Å². The molecular weight excluding hydrogens is 138 g/mol. The second-order valence-electron chi connectivity index (χ2n) is 3.76. The number of hydrogen-bond donors (Lipinski definition) is 1. The molecule has 0 bridgehead atoms. The molecule has 11 heavy (non-hydrogen) atoms. The van der Waals surface area contributed by atoms with Crippen LogP contribution in [0.25, 0.3) is 0 Å². The lowest BCUT2D eigenvalue weighted by molar-refractivity contribution is -0.0248. The molecule has 2 aliphatic rings. The molecule has 2 heteroatoms. The fourth-order valence-corrected chi connectivity index (χ4v) is 2.13. The first-order chi connectivity index (χ1) is 5.31. The molecule has 0 radical (unpaired) electrons. The third-order valence-corrected chi connectivity index (χ3v) is 2.66. The van der Waals surface area contributed by atoms with E-state index in [2.05, 4.69) is 12.2 Å². The molecule has 2 unspecified atom stereocenters. The van der Waals surface area contributed by atoms with Crippen LogP contribution in [0.3, 0.4) is 0 Å². The molecular formula is C9H15NO. The van der Waals surface area contributed by atoms with Crippen LogP contribution in [0, 0.1) is 5.92 Å². The maximum Gasteiger partial charge on any atom is 0.179 e. The van der Waals surface area contributed by atoms with Crippen LogP contribution >= 0.6 is 0 Å². The quantitative estimate of drug-likeness (QED) is 0.574. The van der Waals surface area contributed by atoms with Gasteiger partial charge in [0.05, 0.1) is 0 Å². The molecule has 1 fully saturated rings. The van der Waals surface area contributed by atoms with E-state index in [-0.39, 0.29) is 5.72 Å². The summed E-state index contributed by atoms with van der Waals surface area (Å²) in [4.78, 5) is 0. The van der Waals surface area contributed by atoms with Crippen molar-refractivity contribution in [3.8, 4) is 0 Å². The SMILES string of the molecule is CC1CCCC2(C1)NC=CO2. The van der Waals surface area contributed by atoms with Gasteiger partial charge in [-0.05, 0) is 12.3 Å². The molecule has 1 aliphatic heterocycles. The van der Waals surface area contributed by atoms with Crippen molar-refractivity contribution >= 4 is 0 Å². The number of rotatable bonds is 0. The zero-order valence-electron chi connectivity index (χ0n) is 6.97. The molecule has 1 N–H and O–H groups in total. The first kappa shape index (κ1) is 7.01. The highest BCUT2D eigenvalue weighted by atomic mass is 16.5. The summed E-state index contributed by atoms with van der Waals surface area (Å²) >= 11 is 0. The highest BCUT2D eigenvalue weighted by Gasteiger charge is 2.37. The number of ether oxygens (including phenoxy) is 1. The zero-order chi connectivity index (χ0) is 7.73. The second kappa shape index (κ2) is 2.43. The van der Waals surface area contributed by atoms with Crippen molar-refractivity contribution in [1.82, 2.24) is 5.32 Å². The molecule has 62 valence electrons. The molecule has 0 aromatic carbocycles. The molecule has 0 aromatic heterocycles. The fourth-order valence-electron chi connectivity index (χ4n) is 2.13. The van der Waals surface area contributed by atoms with E-state index in [4.69, 9.17) is 4.74 Å². The van der Waals surface area contributed by atoms with Crippen molar-refractivity contribution in [1.29, 1.82) is 0 Å². The van der Waals surface area contributed by atoms with Crippen LogP contribution < -0.4 is 5.32 Å². The molecule has 0 saturated heterocycles. The average Bonchev–Trinajstić information content (AvgIpc) is 2.37. The topological polar surface area (TPSA) is 21.3 Å². The van der Waals surface area contributed by atoms with Gasteiger partial charge in [-0.15, -0.1) is 0 Å². The van der Waals surface area contributed by atoms with Gasteiger partial charge in [-0.1, -0.05) is 13.3 Å². The van der Waals surface area contributed by atoms with Crippen LogP contribution in [0.4, 0.5) is 0 Å². The van der Waals surface area contributed by atoms with Gasteiger partial charge in [0.15, 0.2) is 5.72 Å². The summed E-state index contributed by atoms with van der Waals surface area (Å²) in [6.07, 6.45) is 8.64. The van der Waals surface area contributed by atoms with Crippen LogP contribution in [0.5, 0.6) is 0 Å². The summed E-state index contributed by atoms with van der Waals surface area (Å²) in [5.74, 6) is 0.802. The summed E-state index contributed by atoms with van der Waals surface area (Å²) in [7, 11) is 0. The monoisotopic (exact) mass is 153 g/mol. The highest BCUT2D eigenvalue weighted by Crippen LogP contribution is 2.34. The Kier molecular flexibility index (Phi) is 1.55. The Balaban J connectivity index is 2.02. The minimum atomic E-state index is -0.0162. The molecule has 2 atom stereocenters. The molecule has 2 rings (SSSR count). The van der Waals surface area contributed by atoms with E-state index in [9.17, 15) is 0 Å². The van der Waals surface area contributed by atoms with E-state index < -0.39 is 0 Å². The minimum Gasteiger partial charge on any atom is -0.474 e. The summed E-state index contributed by atoms with van der Waals surface area (Å²) in [5, 5.41) is 3.30. The van der Waals surface area contributed by atoms with E-state index in [0.29, 0.717) is 0 Å². The maximum absolute atomic E-state index is 5.56. The fraction of sp³-hybridized carbons (Fsp3) is 0.778. The van der Waals surface area contributed by atoms with E-state index in [1.165, 1.54) is 12.8 Å². The third kappa shape index (κ3) is 1.22. The first-order valence-electron chi connectivity index (χ1n) is 4.41. The summed E-state index contributed by atoms with van der Waals surface area (Å²) < 4.78 is 5.56. The lowest BCUT2D eigenvalue weighted by Gasteiger charge is -2.36. The Hall–Kier alpha value is -0.660. The van der Waals surface area contributed by atoms with Crippen molar-refractivity contribution < 1.29 is 4.74 Å². The van der Waals surface area contributed by atoms with Crippen LogP contribution in [-0.2, 0) is 4.74 Å². The molecule has 1 saturated carbocycles. The zero-order valence-corrected chi connectivity index (χ0v) is 6.97. The smallest absolute Gasteiger partial charge is 0.179 e. The minimum absolute atomic E-state index is 0.0162. The molecule has 1 heterocycles. The van der Waals surface area contributed by atoms with Crippen LogP contribution in [0.2, 0.25) is 0 Å². The molecule has 2 nitrogen and oxygen atoms in total. The van der Waals surface area contributed by atoms with Crippen molar-refractivity contribution in [3.05, 3.63) is 12.5 Å². The predicted molar refractivity (Wildman–Crippen MR) is 43.7 cm³/mol. The summed E-state index contributed by atoms with van der Waals surface area (Å²) in [5.41, 5.74) is -0.0162. The van der Waals surface area contributed by atoms with Gasteiger partial charge >= 0.3 is 0 Å². The van der Waals surface area contributed by atoms with Crippen molar-refractivity contribution in [2.24, 2.45) is 5.92 Å². The molecule has 0 amide bonds. The van der Waals surface area contributed by atoms with E-state index >= 15 is 0 Å². The lowest BCUT2D eigenvalue weighted by atomic mass is 9.84. The maximum atomic E-state index is 5.56. The average molecular weight is 153 g/mol. The first-order valence-corrected chi connectivity index (χ1v) is 4.41. The van der Waals surface area contributed by atoms with E-state index in [0.717, 1.165) is 18.8 Å². The van der Waals surface area contributed by atoms with Gasteiger partial charge in [0.25, 0.3) is 0 Å². The van der Waals surface area contributed by atoms with Gasteiger partial charge in [0.2, 0.25) is 0 Å². The van der Waals surface area contributed by atoms with Gasteiger partial charge in [-0.2, -0.15) is 0 Å². The highest BCUT2D eigenvalue weighted by molar-refractivity contribution is 4.96. The Labute approximate surface area is 67.6 Å². The number of nitrogens with one attached hydrogen (secondary N) is 1. The van der Waals surface area contributed by atoms with Gasteiger partial charge in [-0.3, -0.25) is 0 Å². The van der Waals surface area contributed by atoms with Gasteiger partial charge in [0, 0.05) is 19.0 Å². The Morgan fingerprint density at radius 2 is 2.55 bits per heavy atom. The Morgan fingerprint density at radius 1 is 1.64 bits per heavy atom. The lowest BCUT2D eigenvalue weighted by Crippen LogP contribution is -2.44. The van der Waals surface area contributed by atoms with Crippen LogP contribution in [0.1, 0.15) is 32.6 Å². The van der Waals surface area contributed by atoms with Crippen molar-refractivity contribution in [2.45, 2.75) is 38.3 Å². The normalized spacial score (nSPS) is 42.1. The van der Waals surface area contributed by atoms with E-state index in [1.807, 2.05) is 6.20 Å². The van der Waals surface area contributed by atoms with E-state index in [1.54, 1.807) is 6.26 Å². The summed E-state index contributed by atoms with van der Waals surface area (Å²) in [6, 6.07) is 0.